The SMILES string of the molecule is O=c1cnc2cnccc2n1Cc1ccc(-c2cnc3c(c2)C=CC3)cc1F. The minimum atomic E-state index is -0.362. The number of benzene rings is 1. The Morgan fingerprint density at radius 3 is 2.86 bits per heavy atom. The number of pyridine rings is 2. The predicted octanol–water partition coefficient (Wildman–Crippen LogP) is 3.61. The molecule has 0 saturated heterocycles. The van der Waals surface area contributed by atoms with Gasteiger partial charge < -0.3 is 4.57 Å². The average molecular weight is 370 g/mol. The van der Waals surface area contributed by atoms with Crippen LogP contribution < -0.4 is 5.56 Å². The van der Waals surface area contributed by atoms with Crippen LogP contribution in [0.1, 0.15) is 16.8 Å². The van der Waals surface area contributed by atoms with Gasteiger partial charge in [0.2, 0.25) is 0 Å². The maximum atomic E-state index is 14.8. The summed E-state index contributed by atoms with van der Waals surface area (Å²) in [5.74, 6) is -0.362. The quantitative estimate of drug-likeness (QED) is 0.553. The number of aromatic nitrogens is 4. The van der Waals surface area contributed by atoms with Crippen molar-refractivity contribution in [1.29, 1.82) is 0 Å². The van der Waals surface area contributed by atoms with Crippen molar-refractivity contribution >= 4 is 17.1 Å². The zero-order valence-corrected chi connectivity index (χ0v) is 14.8. The highest BCUT2D eigenvalue weighted by Gasteiger charge is 2.12. The van der Waals surface area contributed by atoms with Crippen LogP contribution in [0, 0.1) is 5.82 Å². The van der Waals surface area contributed by atoms with Gasteiger partial charge in [0.05, 0.1) is 30.1 Å². The molecule has 0 spiro atoms. The summed E-state index contributed by atoms with van der Waals surface area (Å²) < 4.78 is 16.4. The van der Waals surface area contributed by atoms with Crippen molar-refractivity contribution in [2.24, 2.45) is 0 Å². The van der Waals surface area contributed by atoms with Crippen LogP contribution in [0.2, 0.25) is 0 Å². The number of hydrogen-bond donors (Lipinski definition) is 0. The fourth-order valence-electron chi connectivity index (χ4n) is 3.49. The lowest BCUT2D eigenvalue weighted by Gasteiger charge is -2.11. The molecule has 0 fully saturated rings. The Labute approximate surface area is 159 Å². The van der Waals surface area contributed by atoms with Gasteiger partial charge >= 0.3 is 0 Å². The third-order valence-corrected chi connectivity index (χ3v) is 4.98. The van der Waals surface area contributed by atoms with E-state index in [-0.39, 0.29) is 17.9 Å². The number of nitrogens with zero attached hydrogens (tertiary/aromatic N) is 4. The molecular formula is C22H15FN4O. The summed E-state index contributed by atoms with van der Waals surface area (Å²) in [6.45, 7) is 0.124. The van der Waals surface area contributed by atoms with Gasteiger partial charge in [0.25, 0.3) is 5.56 Å². The molecule has 3 aromatic heterocycles. The first-order valence-corrected chi connectivity index (χ1v) is 8.93. The Hall–Kier alpha value is -3.67. The summed E-state index contributed by atoms with van der Waals surface area (Å²) in [6, 6.07) is 8.80. The monoisotopic (exact) mass is 370 g/mol. The predicted molar refractivity (Wildman–Crippen MR) is 105 cm³/mol. The molecule has 1 aromatic carbocycles. The van der Waals surface area contributed by atoms with Crippen LogP contribution in [0.4, 0.5) is 4.39 Å². The number of allylic oxidation sites excluding steroid dienone is 1. The zero-order valence-electron chi connectivity index (χ0n) is 14.8. The van der Waals surface area contributed by atoms with Crippen molar-refractivity contribution in [2.75, 3.05) is 0 Å². The summed E-state index contributed by atoms with van der Waals surface area (Å²) >= 11 is 0. The molecule has 0 bridgehead atoms. The molecule has 1 aliphatic rings. The van der Waals surface area contributed by atoms with Crippen molar-refractivity contribution in [1.82, 2.24) is 19.5 Å². The molecule has 4 aromatic rings. The van der Waals surface area contributed by atoms with Gasteiger partial charge in [-0.3, -0.25) is 14.8 Å². The largest absolute Gasteiger partial charge is 0.301 e. The van der Waals surface area contributed by atoms with Crippen molar-refractivity contribution in [3.63, 3.8) is 0 Å². The first kappa shape index (κ1) is 16.5. The molecule has 0 saturated carbocycles. The molecule has 0 amide bonds. The molecule has 5 nitrogen and oxygen atoms in total. The van der Waals surface area contributed by atoms with Gasteiger partial charge in [-0.2, -0.15) is 0 Å². The van der Waals surface area contributed by atoms with Crippen LogP contribution in [-0.4, -0.2) is 19.5 Å². The van der Waals surface area contributed by atoms with E-state index in [2.05, 4.69) is 21.0 Å². The summed E-state index contributed by atoms with van der Waals surface area (Å²) in [6.07, 6.45) is 11.1. The molecular weight excluding hydrogens is 355 g/mol. The van der Waals surface area contributed by atoms with E-state index in [1.54, 1.807) is 30.7 Å². The highest BCUT2D eigenvalue weighted by atomic mass is 19.1. The number of rotatable bonds is 3. The highest BCUT2D eigenvalue weighted by Crippen LogP contribution is 2.26. The summed E-state index contributed by atoms with van der Waals surface area (Å²) in [4.78, 5) is 24.8. The molecule has 0 aliphatic heterocycles. The summed E-state index contributed by atoms with van der Waals surface area (Å²) in [5, 5.41) is 0. The Bertz CT molecular complexity index is 1310. The normalized spacial score (nSPS) is 12.5. The molecule has 5 rings (SSSR count). The maximum Gasteiger partial charge on any atom is 0.269 e. The third-order valence-electron chi connectivity index (χ3n) is 4.98. The van der Waals surface area contributed by atoms with Gasteiger partial charge in [-0.05, 0) is 29.3 Å². The molecule has 136 valence electrons. The van der Waals surface area contributed by atoms with Gasteiger partial charge in [-0.25, -0.2) is 9.37 Å². The molecule has 0 atom stereocenters. The topological polar surface area (TPSA) is 60.7 Å². The lowest BCUT2D eigenvalue weighted by molar-refractivity contribution is 0.599. The zero-order chi connectivity index (χ0) is 19.1. The summed E-state index contributed by atoms with van der Waals surface area (Å²) in [7, 11) is 0. The number of halogens is 1. The van der Waals surface area contributed by atoms with Crippen LogP contribution in [0.3, 0.4) is 0 Å². The van der Waals surface area contributed by atoms with Gasteiger partial charge in [-0.15, -0.1) is 0 Å². The molecule has 1 aliphatic carbocycles. The molecule has 0 unspecified atom stereocenters. The minimum absolute atomic E-state index is 0.124. The smallest absolute Gasteiger partial charge is 0.269 e. The van der Waals surface area contributed by atoms with Crippen LogP contribution in [0.15, 0.2) is 66.0 Å². The molecule has 6 heteroatoms. The fraction of sp³-hybridized carbons (Fsp3) is 0.0909. The van der Waals surface area contributed by atoms with Gasteiger partial charge in [-0.1, -0.05) is 24.3 Å². The number of fused-ring (bicyclic) bond motifs is 2. The Balaban J connectivity index is 1.52. The first-order valence-electron chi connectivity index (χ1n) is 8.93. The first-order chi connectivity index (χ1) is 13.7. The lowest BCUT2D eigenvalue weighted by Crippen LogP contribution is -2.21. The Morgan fingerprint density at radius 1 is 1.04 bits per heavy atom. The molecule has 0 N–H and O–H groups in total. The van der Waals surface area contributed by atoms with Gasteiger partial charge in [0.1, 0.15) is 11.3 Å². The minimum Gasteiger partial charge on any atom is -0.301 e. The molecule has 28 heavy (non-hydrogen) atoms. The van der Waals surface area contributed by atoms with Crippen LogP contribution >= 0.6 is 0 Å². The second-order valence-corrected chi connectivity index (χ2v) is 6.72. The Kier molecular flexibility index (Phi) is 3.83. The Morgan fingerprint density at radius 2 is 1.96 bits per heavy atom. The second-order valence-electron chi connectivity index (χ2n) is 6.72. The van der Waals surface area contributed by atoms with E-state index >= 15 is 0 Å². The molecule has 0 radical (unpaired) electrons. The summed E-state index contributed by atoms with van der Waals surface area (Å²) in [5.41, 5.74) is 5.11. The van der Waals surface area contributed by atoms with E-state index in [9.17, 15) is 9.18 Å². The van der Waals surface area contributed by atoms with Crippen LogP contribution in [0.5, 0.6) is 0 Å². The third kappa shape index (κ3) is 2.79. The fourth-order valence-corrected chi connectivity index (χ4v) is 3.49. The molecule has 3 heterocycles. The van der Waals surface area contributed by atoms with Gasteiger partial charge in [0.15, 0.2) is 0 Å². The van der Waals surface area contributed by atoms with Crippen molar-refractivity contribution in [3.05, 3.63) is 94.2 Å². The van der Waals surface area contributed by atoms with Crippen molar-refractivity contribution in [3.8, 4) is 11.1 Å². The van der Waals surface area contributed by atoms with Gasteiger partial charge in [0, 0.05) is 29.9 Å². The van der Waals surface area contributed by atoms with E-state index < -0.39 is 0 Å². The highest BCUT2D eigenvalue weighted by molar-refractivity contribution is 5.73. The van der Waals surface area contributed by atoms with E-state index in [0.29, 0.717) is 16.6 Å². The van der Waals surface area contributed by atoms with Crippen molar-refractivity contribution < 1.29 is 4.39 Å². The van der Waals surface area contributed by atoms with Crippen LogP contribution in [-0.2, 0) is 13.0 Å². The van der Waals surface area contributed by atoms with Crippen LogP contribution in [0.25, 0.3) is 28.2 Å². The standard InChI is InChI=1S/C22H15FN4O/c23-18-9-14(17-8-15-2-1-3-19(15)25-10-17)4-5-16(18)13-27-21-6-7-24-11-20(21)26-12-22(27)28/h1-2,4-12H,3,13H2. The number of hydrogen-bond acceptors (Lipinski definition) is 4. The van der Waals surface area contributed by atoms with Crippen molar-refractivity contribution in [2.45, 2.75) is 13.0 Å². The maximum absolute atomic E-state index is 14.8. The average Bonchev–Trinajstić information content (AvgIpc) is 3.19. The second kappa shape index (κ2) is 6.49. The van der Waals surface area contributed by atoms with E-state index in [0.717, 1.165) is 28.8 Å². The van der Waals surface area contributed by atoms with E-state index in [4.69, 9.17) is 0 Å². The van der Waals surface area contributed by atoms with E-state index in [1.165, 1.54) is 16.8 Å². The van der Waals surface area contributed by atoms with E-state index in [1.807, 2.05) is 18.2 Å². The lowest BCUT2D eigenvalue weighted by atomic mass is 10.0.